The highest BCUT2D eigenvalue weighted by molar-refractivity contribution is 5.97. The lowest BCUT2D eigenvalue weighted by Crippen LogP contribution is -2.32. The highest BCUT2D eigenvalue weighted by Gasteiger charge is 2.39. The summed E-state index contributed by atoms with van der Waals surface area (Å²) in [6.45, 7) is 2.08. The van der Waals surface area contributed by atoms with Crippen molar-refractivity contribution in [3.8, 4) is 0 Å². The van der Waals surface area contributed by atoms with Gasteiger partial charge in [-0.15, -0.1) is 0 Å². The van der Waals surface area contributed by atoms with Crippen molar-refractivity contribution in [3.63, 3.8) is 0 Å². The first-order chi connectivity index (χ1) is 10.1. The molecule has 0 radical (unpaired) electrons. The standard InChI is InChI=1S/C17H22N2O2/c1-11-10-15(11)17(21)19-14-8-6-12(7-9-14)16(20)18-13-4-2-3-5-13/h6-9,11,13,15H,2-5,10H2,1H3,(H,18,20)(H,19,21). The molecule has 21 heavy (non-hydrogen) atoms. The van der Waals surface area contributed by atoms with Gasteiger partial charge >= 0.3 is 0 Å². The van der Waals surface area contributed by atoms with E-state index in [0.717, 1.165) is 24.9 Å². The largest absolute Gasteiger partial charge is 0.349 e. The predicted molar refractivity (Wildman–Crippen MR) is 82.1 cm³/mol. The van der Waals surface area contributed by atoms with Crippen molar-refractivity contribution in [2.45, 2.75) is 45.1 Å². The third-order valence-electron chi connectivity index (χ3n) is 4.55. The second kappa shape index (κ2) is 5.88. The Morgan fingerprint density at radius 3 is 2.29 bits per heavy atom. The zero-order chi connectivity index (χ0) is 14.8. The molecular formula is C17H22N2O2. The summed E-state index contributed by atoms with van der Waals surface area (Å²) in [6.07, 6.45) is 5.55. The smallest absolute Gasteiger partial charge is 0.251 e. The molecule has 0 aromatic heterocycles. The van der Waals surface area contributed by atoms with Crippen LogP contribution in [0.3, 0.4) is 0 Å². The van der Waals surface area contributed by atoms with E-state index in [9.17, 15) is 9.59 Å². The zero-order valence-electron chi connectivity index (χ0n) is 12.4. The lowest BCUT2D eigenvalue weighted by Gasteiger charge is -2.12. The van der Waals surface area contributed by atoms with E-state index >= 15 is 0 Å². The Morgan fingerprint density at radius 2 is 1.71 bits per heavy atom. The Bertz CT molecular complexity index is 532. The van der Waals surface area contributed by atoms with Gasteiger partial charge in [0.1, 0.15) is 0 Å². The summed E-state index contributed by atoms with van der Waals surface area (Å²) in [5, 5.41) is 5.97. The molecule has 2 amide bonds. The van der Waals surface area contributed by atoms with E-state index in [1.54, 1.807) is 24.3 Å². The minimum atomic E-state index is -0.0180. The number of amides is 2. The molecule has 1 aromatic rings. The zero-order valence-corrected chi connectivity index (χ0v) is 12.4. The number of benzene rings is 1. The number of rotatable bonds is 4. The number of anilines is 1. The molecule has 4 nitrogen and oxygen atoms in total. The van der Waals surface area contributed by atoms with E-state index in [-0.39, 0.29) is 17.7 Å². The van der Waals surface area contributed by atoms with Crippen LogP contribution in [0.2, 0.25) is 0 Å². The summed E-state index contributed by atoms with van der Waals surface area (Å²) in [5.41, 5.74) is 1.41. The average molecular weight is 286 g/mol. The molecule has 0 bridgehead atoms. The maximum atomic E-state index is 12.1. The molecule has 2 aliphatic rings. The first-order valence-electron chi connectivity index (χ1n) is 7.85. The Labute approximate surface area is 125 Å². The van der Waals surface area contributed by atoms with E-state index < -0.39 is 0 Å². The van der Waals surface area contributed by atoms with Crippen LogP contribution in [0.15, 0.2) is 24.3 Å². The molecule has 2 saturated carbocycles. The Balaban J connectivity index is 1.55. The number of carbonyl (C=O) groups is 2. The van der Waals surface area contributed by atoms with Crippen LogP contribution in [-0.2, 0) is 4.79 Å². The van der Waals surface area contributed by atoms with Crippen molar-refractivity contribution < 1.29 is 9.59 Å². The van der Waals surface area contributed by atoms with Crippen LogP contribution < -0.4 is 10.6 Å². The van der Waals surface area contributed by atoms with Gasteiger partial charge in [0.05, 0.1) is 0 Å². The lowest BCUT2D eigenvalue weighted by molar-refractivity contribution is -0.117. The molecule has 1 aromatic carbocycles. The maximum Gasteiger partial charge on any atom is 0.251 e. The Hall–Kier alpha value is -1.84. The first-order valence-corrected chi connectivity index (χ1v) is 7.85. The monoisotopic (exact) mass is 286 g/mol. The van der Waals surface area contributed by atoms with Crippen molar-refractivity contribution in [1.29, 1.82) is 0 Å². The van der Waals surface area contributed by atoms with Gasteiger partial charge in [0.2, 0.25) is 5.91 Å². The van der Waals surface area contributed by atoms with Crippen LogP contribution in [0.4, 0.5) is 5.69 Å². The van der Waals surface area contributed by atoms with E-state index in [2.05, 4.69) is 17.6 Å². The van der Waals surface area contributed by atoms with Gasteiger partial charge in [-0.25, -0.2) is 0 Å². The third kappa shape index (κ3) is 3.43. The van der Waals surface area contributed by atoms with Crippen LogP contribution in [-0.4, -0.2) is 17.9 Å². The summed E-state index contributed by atoms with van der Waals surface area (Å²) in [4.78, 5) is 23.9. The van der Waals surface area contributed by atoms with Gasteiger partial charge in [-0.2, -0.15) is 0 Å². The molecular weight excluding hydrogens is 264 g/mol. The fraction of sp³-hybridized carbons (Fsp3) is 0.529. The van der Waals surface area contributed by atoms with Gasteiger partial charge in [-0.1, -0.05) is 19.8 Å². The van der Waals surface area contributed by atoms with Crippen LogP contribution in [0, 0.1) is 11.8 Å². The minimum absolute atomic E-state index is 0.0180. The summed E-state index contributed by atoms with van der Waals surface area (Å²) < 4.78 is 0. The highest BCUT2D eigenvalue weighted by atomic mass is 16.2. The number of nitrogens with one attached hydrogen (secondary N) is 2. The van der Waals surface area contributed by atoms with Crippen molar-refractivity contribution >= 4 is 17.5 Å². The average Bonchev–Trinajstić information content (AvgIpc) is 2.98. The molecule has 3 rings (SSSR count). The lowest BCUT2D eigenvalue weighted by atomic mass is 10.1. The fourth-order valence-electron chi connectivity index (χ4n) is 2.97. The predicted octanol–water partition coefficient (Wildman–Crippen LogP) is 2.95. The normalized spacial score (nSPS) is 24.6. The fourth-order valence-corrected chi connectivity index (χ4v) is 2.97. The molecule has 2 N–H and O–H groups in total. The quantitative estimate of drug-likeness (QED) is 0.894. The number of carbonyl (C=O) groups excluding carboxylic acids is 2. The van der Waals surface area contributed by atoms with Gasteiger partial charge in [0.15, 0.2) is 0 Å². The summed E-state index contributed by atoms with van der Waals surface area (Å²) in [5.74, 6) is 0.734. The van der Waals surface area contributed by atoms with Crippen molar-refractivity contribution in [3.05, 3.63) is 29.8 Å². The van der Waals surface area contributed by atoms with E-state index in [1.165, 1.54) is 12.8 Å². The summed E-state index contributed by atoms with van der Waals surface area (Å²) in [7, 11) is 0. The van der Waals surface area contributed by atoms with Gasteiger partial charge < -0.3 is 10.6 Å². The second-order valence-electron chi connectivity index (χ2n) is 6.34. The first kappa shape index (κ1) is 14.1. The molecule has 0 saturated heterocycles. The highest BCUT2D eigenvalue weighted by Crippen LogP contribution is 2.38. The van der Waals surface area contributed by atoms with Crippen molar-refractivity contribution in [2.75, 3.05) is 5.32 Å². The van der Waals surface area contributed by atoms with Crippen LogP contribution in [0.1, 0.15) is 49.4 Å². The van der Waals surface area contributed by atoms with Gasteiger partial charge in [-0.3, -0.25) is 9.59 Å². The Kier molecular flexibility index (Phi) is 3.95. The van der Waals surface area contributed by atoms with Crippen LogP contribution in [0.5, 0.6) is 0 Å². The van der Waals surface area contributed by atoms with Crippen molar-refractivity contribution in [2.24, 2.45) is 11.8 Å². The molecule has 0 aliphatic heterocycles. The van der Waals surface area contributed by atoms with Gasteiger partial charge in [0.25, 0.3) is 5.91 Å². The number of hydrogen-bond donors (Lipinski definition) is 2. The molecule has 0 heterocycles. The van der Waals surface area contributed by atoms with Crippen LogP contribution in [0.25, 0.3) is 0 Å². The van der Waals surface area contributed by atoms with Gasteiger partial charge in [-0.05, 0) is 49.4 Å². The summed E-state index contributed by atoms with van der Waals surface area (Å²) >= 11 is 0. The Morgan fingerprint density at radius 1 is 1.10 bits per heavy atom. The second-order valence-corrected chi connectivity index (χ2v) is 6.34. The molecule has 2 atom stereocenters. The van der Waals surface area contributed by atoms with Gasteiger partial charge in [0, 0.05) is 23.2 Å². The molecule has 2 aliphatic carbocycles. The van der Waals surface area contributed by atoms with E-state index in [1.807, 2.05) is 0 Å². The van der Waals surface area contributed by atoms with Crippen LogP contribution >= 0.6 is 0 Å². The topological polar surface area (TPSA) is 58.2 Å². The molecule has 2 fully saturated rings. The van der Waals surface area contributed by atoms with E-state index in [4.69, 9.17) is 0 Å². The molecule has 112 valence electrons. The minimum Gasteiger partial charge on any atom is -0.349 e. The third-order valence-corrected chi connectivity index (χ3v) is 4.55. The molecule has 2 unspecified atom stereocenters. The molecule has 0 spiro atoms. The summed E-state index contributed by atoms with van der Waals surface area (Å²) in [6, 6.07) is 7.48. The van der Waals surface area contributed by atoms with E-state index in [0.29, 0.717) is 17.5 Å². The number of hydrogen-bond acceptors (Lipinski definition) is 2. The van der Waals surface area contributed by atoms with Crippen molar-refractivity contribution in [1.82, 2.24) is 5.32 Å². The maximum absolute atomic E-state index is 12.1. The molecule has 4 heteroatoms. The SMILES string of the molecule is CC1CC1C(=O)Nc1ccc(C(=O)NC2CCCC2)cc1.